The number of fused-ring (bicyclic) bond motifs is 1. The van der Waals surface area contributed by atoms with Crippen LogP contribution in [0, 0.1) is 0 Å². The van der Waals surface area contributed by atoms with Crippen molar-refractivity contribution >= 4 is 39.8 Å². The Bertz CT molecular complexity index is 1320. The van der Waals surface area contributed by atoms with Crippen LogP contribution in [0.2, 0.25) is 5.02 Å². The maximum Gasteiger partial charge on any atom is 0.256 e. The van der Waals surface area contributed by atoms with Gasteiger partial charge in [0, 0.05) is 30.2 Å². The van der Waals surface area contributed by atoms with E-state index < -0.39 is 0 Å². The fourth-order valence-electron chi connectivity index (χ4n) is 3.57. The summed E-state index contributed by atoms with van der Waals surface area (Å²) < 4.78 is 1.53. The third kappa shape index (κ3) is 4.32. The van der Waals surface area contributed by atoms with Crippen LogP contribution in [0.1, 0.15) is 28.9 Å². The van der Waals surface area contributed by atoms with E-state index in [1.165, 1.54) is 10.6 Å². The Morgan fingerprint density at radius 2 is 1.68 bits per heavy atom. The number of halogens is 1. The topological polar surface area (TPSA) is 63.1 Å². The number of carbonyl (C=O) groups is 1. The average molecular weight is 432 g/mol. The number of aromatic nitrogens is 1. The van der Waals surface area contributed by atoms with Crippen LogP contribution in [0.3, 0.4) is 0 Å². The standard InChI is InChI=1S/C25H22ClN3O2/c1-16(17-8-4-3-5-9-17)27-22-13-12-18(14-21(22)26)28-25(31)20-15-24(30)29(2)23-11-7-6-10-19(20)23/h3-16,27H,1-2H3,(H,28,31). The van der Waals surface area contributed by atoms with Crippen LogP contribution < -0.4 is 16.2 Å². The second-order valence-corrected chi connectivity index (χ2v) is 7.81. The number of hydrogen-bond donors (Lipinski definition) is 2. The van der Waals surface area contributed by atoms with Crippen molar-refractivity contribution < 1.29 is 4.79 Å². The molecule has 1 atom stereocenters. The van der Waals surface area contributed by atoms with E-state index in [1.54, 1.807) is 19.2 Å². The molecule has 3 aromatic carbocycles. The molecule has 1 amide bonds. The predicted octanol–water partition coefficient (Wildman–Crippen LogP) is 5.62. The van der Waals surface area contributed by atoms with Gasteiger partial charge in [0.1, 0.15) is 0 Å². The van der Waals surface area contributed by atoms with Crippen LogP contribution in [-0.2, 0) is 7.05 Å². The van der Waals surface area contributed by atoms with Crippen molar-refractivity contribution in [3.05, 3.63) is 105 Å². The number of carbonyl (C=O) groups excluding carboxylic acids is 1. The molecule has 0 radical (unpaired) electrons. The number of nitrogens with zero attached hydrogens (tertiary/aromatic N) is 1. The number of benzene rings is 3. The highest BCUT2D eigenvalue weighted by atomic mass is 35.5. The summed E-state index contributed by atoms with van der Waals surface area (Å²) in [6, 6.07) is 24.1. The Morgan fingerprint density at radius 1 is 0.968 bits per heavy atom. The molecule has 6 heteroatoms. The maximum absolute atomic E-state index is 12.9. The first-order chi connectivity index (χ1) is 14.9. The summed E-state index contributed by atoms with van der Waals surface area (Å²) in [6.07, 6.45) is 0. The highest BCUT2D eigenvalue weighted by Crippen LogP contribution is 2.29. The smallest absolute Gasteiger partial charge is 0.256 e. The summed E-state index contributed by atoms with van der Waals surface area (Å²) in [6.45, 7) is 2.06. The summed E-state index contributed by atoms with van der Waals surface area (Å²) in [5.74, 6) is -0.358. The Balaban J connectivity index is 1.56. The minimum absolute atomic E-state index is 0.0750. The van der Waals surface area contributed by atoms with Crippen LogP contribution in [-0.4, -0.2) is 10.5 Å². The highest BCUT2D eigenvalue weighted by molar-refractivity contribution is 6.33. The number of nitrogens with one attached hydrogen (secondary N) is 2. The van der Waals surface area contributed by atoms with Gasteiger partial charge in [-0.15, -0.1) is 0 Å². The summed E-state index contributed by atoms with van der Waals surface area (Å²) in [4.78, 5) is 25.2. The zero-order valence-corrected chi connectivity index (χ0v) is 18.0. The Hall–Kier alpha value is -3.57. The van der Waals surface area contributed by atoms with E-state index in [1.807, 2.05) is 48.5 Å². The molecule has 156 valence electrons. The van der Waals surface area contributed by atoms with E-state index in [0.29, 0.717) is 27.2 Å². The molecule has 1 aromatic heterocycles. The van der Waals surface area contributed by atoms with E-state index in [0.717, 1.165) is 11.3 Å². The second kappa shape index (κ2) is 8.66. The first kappa shape index (κ1) is 20.7. The number of para-hydroxylation sites is 1. The Morgan fingerprint density at radius 3 is 2.42 bits per heavy atom. The molecule has 1 heterocycles. The highest BCUT2D eigenvalue weighted by Gasteiger charge is 2.15. The molecule has 0 saturated carbocycles. The van der Waals surface area contributed by atoms with Crippen molar-refractivity contribution in [3.8, 4) is 0 Å². The largest absolute Gasteiger partial charge is 0.377 e. The monoisotopic (exact) mass is 431 g/mol. The lowest BCUT2D eigenvalue weighted by Gasteiger charge is -2.17. The SMILES string of the molecule is CC(Nc1ccc(NC(=O)c2cc(=O)n(C)c3ccccc23)cc1Cl)c1ccccc1. The van der Waals surface area contributed by atoms with E-state index in [9.17, 15) is 9.59 Å². The lowest BCUT2D eigenvalue weighted by Crippen LogP contribution is -2.21. The van der Waals surface area contributed by atoms with Gasteiger partial charge in [-0.25, -0.2) is 0 Å². The number of pyridine rings is 1. The van der Waals surface area contributed by atoms with E-state index in [4.69, 9.17) is 11.6 Å². The molecule has 0 saturated heterocycles. The zero-order valence-electron chi connectivity index (χ0n) is 17.2. The molecular formula is C25H22ClN3O2. The average Bonchev–Trinajstić information content (AvgIpc) is 2.78. The van der Waals surface area contributed by atoms with Crippen molar-refractivity contribution in [1.82, 2.24) is 4.57 Å². The lowest BCUT2D eigenvalue weighted by molar-refractivity contribution is 0.102. The summed E-state index contributed by atoms with van der Waals surface area (Å²) in [7, 11) is 1.69. The Kier molecular flexibility index (Phi) is 5.78. The molecule has 0 bridgehead atoms. The molecule has 0 aliphatic heterocycles. The van der Waals surface area contributed by atoms with Crippen LogP contribution in [0.15, 0.2) is 83.7 Å². The third-order valence-electron chi connectivity index (χ3n) is 5.30. The second-order valence-electron chi connectivity index (χ2n) is 7.40. The van der Waals surface area contributed by atoms with Crippen LogP contribution in [0.25, 0.3) is 10.9 Å². The van der Waals surface area contributed by atoms with Gasteiger partial charge < -0.3 is 15.2 Å². The van der Waals surface area contributed by atoms with Crippen molar-refractivity contribution in [2.24, 2.45) is 7.05 Å². The number of anilines is 2. The third-order valence-corrected chi connectivity index (χ3v) is 5.61. The first-order valence-electron chi connectivity index (χ1n) is 9.95. The van der Waals surface area contributed by atoms with Gasteiger partial charge in [-0.1, -0.05) is 60.1 Å². The summed E-state index contributed by atoms with van der Waals surface area (Å²) >= 11 is 6.46. The normalized spacial score (nSPS) is 11.8. The van der Waals surface area contributed by atoms with Gasteiger partial charge in [0.2, 0.25) is 0 Å². The van der Waals surface area contributed by atoms with Gasteiger partial charge in [0.25, 0.3) is 11.5 Å². The van der Waals surface area contributed by atoms with E-state index in [-0.39, 0.29) is 17.5 Å². The van der Waals surface area contributed by atoms with E-state index >= 15 is 0 Å². The molecule has 4 rings (SSSR count). The minimum atomic E-state index is -0.358. The molecule has 1 unspecified atom stereocenters. The van der Waals surface area contributed by atoms with Crippen LogP contribution in [0.5, 0.6) is 0 Å². The van der Waals surface area contributed by atoms with Gasteiger partial charge >= 0.3 is 0 Å². The first-order valence-corrected chi connectivity index (χ1v) is 10.3. The molecule has 2 N–H and O–H groups in total. The van der Waals surface area contributed by atoms with Gasteiger partial charge in [-0.2, -0.15) is 0 Å². The summed E-state index contributed by atoms with van der Waals surface area (Å²) in [5.41, 5.74) is 3.26. The van der Waals surface area contributed by atoms with Crippen LogP contribution in [0.4, 0.5) is 11.4 Å². The Labute approximate surface area is 185 Å². The molecule has 4 aromatic rings. The molecule has 0 fully saturated rings. The van der Waals surface area contributed by atoms with Crippen molar-refractivity contribution in [2.45, 2.75) is 13.0 Å². The fourth-order valence-corrected chi connectivity index (χ4v) is 3.80. The molecular weight excluding hydrogens is 410 g/mol. The number of hydrogen-bond acceptors (Lipinski definition) is 3. The molecule has 0 spiro atoms. The number of amides is 1. The van der Waals surface area contributed by atoms with Gasteiger partial charge in [-0.05, 0) is 36.8 Å². The number of aryl methyl sites for hydroxylation is 1. The summed E-state index contributed by atoms with van der Waals surface area (Å²) in [5, 5.41) is 7.44. The number of rotatable bonds is 5. The molecule has 0 aliphatic carbocycles. The van der Waals surface area contributed by atoms with Crippen molar-refractivity contribution in [1.29, 1.82) is 0 Å². The zero-order chi connectivity index (χ0) is 22.0. The quantitative estimate of drug-likeness (QED) is 0.431. The molecule has 31 heavy (non-hydrogen) atoms. The molecule has 5 nitrogen and oxygen atoms in total. The van der Waals surface area contributed by atoms with Crippen LogP contribution >= 0.6 is 11.6 Å². The maximum atomic E-state index is 12.9. The minimum Gasteiger partial charge on any atom is -0.377 e. The van der Waals surface area contributed by atoms with E-state index in [2.05, 4.69) is 29.7 Å². The molecule has 0 aliphatic rings. The van der Waals surface area contributed by atoms with Gasteiger partial charge in [0.05, 0.1) is 21.8 Å². The van der Waals surface area contributed by atoms with Crippen molar-refractivity contribution in [3.63, 3.8) is 0 Å². The van der Waals surface area contributed by atoms with Crippen molar-refractivity contribution in [2.75, 3.05) is 10.6 Å². The van der Waals surface area contributed by atoms with Gasteiger partial charge in [0.15, 0.2) is 0 Å². The van der Waals surface area contributed by atoms with Gasteiger partial charge in [-0.3, -0.25) is 9.59 Å². The lowest BCUT2D eigenvalue weighted by atomic mass is 10.1. The predicted molar refractivity (Wildman–Crippen MR) is 127 cm³/mol. The fraction of sp³-hybridized carbons (Fsp3) is 0.120.